The van der Waals surface area contributed by atoms with Crippen molar-refractivity contribution in [1.82, 2.24) is 30.1 Å². The van der Waals surface area contributed by atoms with Gasteiger partial charge in [0.25, 0.3) is 0 Å². The maximum atomic E-state index is 12.6. The number of carbonyl (C=O) groups excluding carboxylic acids is 1. The summed E-state index contributed by atoms with van der Waals surface area (Å²) in [5.41, 5.74) is 0.673. The standard InChI is InChI=1S/C17H18N8O/c26-16(12-4-3-9-25(11-12)14-10-18-7-8-20-14)22-17-21-15(23-24-17)13-5-1-2-6-19-13/h1-2,5-8,10,12H,3-4,9,11H2,(H2,21,22,23,24,26). The van der Waals surface area contributed by atoms with E-state index in [0.29, 0.717) is 24.0 Å². The zero-order chi connectivity index (χ0) is 17.8. The van der Waals surface area contributed by atoms with Crippen LogP contribution in [0.25, 0.3) is 11.5 Å². The number of nitrogens with one attached hydrogen (secondary N) is 2. The van der Waals surface area contributed by atoms with Gasteiger partial charge in [-0.1, -0.05) is 6.07 Å². The molecule has 132 valence electrons. The Morgan fingerprint density at radius 1 is 1.19 bits per heavy atom. The highest BCUT2D eigenvalue weighted by atomic mass is 16.2. The van der Waals surface area contributed by atoms with E-state index in [1.807, 2.05) is 18.2 Å². The van der Waals surface area contributed by atoms with Crippen molar-refractivity contribution < 1.29 is 4.79 Å². The normalized spacial score (nSPS) is 17.1. The molecule has 1 amide bonds. The maximum Gasteiger partial charge on any atom is 0.231 e. The second-order valence-electron chi connectivity index (χ2n) is 6.08. The Labute approximate surface area is 149 Å². The monoisotopic (exact) mass is 350 g/mol. The van der Waals surface area contributed by atoms with Crippen LogP contribution in [0.15, 0.2) is 43.0 Å². The van der Waals surface area contributed by atoms with Crippen LogP contribution in [0.2, 0.25) is 0 Å². The minimum atomic E-state index is -0.144. The van der Waals surface area contributed by atoms with Crippen molar-refractivity contribution in [2.24, 2.45) is 5.92 Å². The van der Waals surface area contributed by atoms with Crippen molar-refractivity contribution in [3.63, 3.8) is 0 Å². The van der Waals surface area contributed by atoms with Crippen molar-refractivity contribution in [3.05, 3.63) is 43.0 Å². The van der Waals surface area contributed by atoms with E-state index in [1.54, 1.807) is 24.8 Å². The van der Waals surface area contributed by atoms with Crippen LogP contribution in [0, 0.1) is 5.92 Å². The zero-order valence-electron chi connectivity index (χ0n) is 14.0. The summed E-state index contributed by atoms with van der Waals surface area (Å²) in [5.74, 6) is 1.41. The molecule has 4 rings (SSSR count). The Kier molecular flexibility index (Phi) is 4.50. The number of hydrogen-bond donors (Lipinski definition) is 2. The van der Waals surface area contributed by atoms with Crippen molar-refractivity contribution >= 4 is 17.7 Å². The highest BCUT2D eigenvalue weighted by Gasteiger charge is 2.27. The van der Waals surface area contributed by atoms with Crippen LogP contribution in [0.5, 0.6) is 0 Å². The molecule has 0 radical (unpaired) electrons. The molecule has 9 nitrogen and oxygen atoms in total. The molecule has 0 bridgehead atoms. The van der Waals surface area contributed by atoms with E-state index < -0.39 is 0 Å². The number of hydrogen-bond acceptors (Lipinski definition) is 7. The molecule has 0 aliphatic carbocycles. The number of piperidine rings is 1. The molecule has 1 aliphatic rings. The molecule has 3 aromatic rings. The van der Waals surface area contributed by atoms with Gasteiger partial charge >= 0.3 is 0 Å². The molecule has 0 spiro atoms. The first-order chi connectivity index (χ1) is 12.8. The predicted octanol–water partition coefficient (Wildman–Crippen LogP) is 1.51. The van der Waals surface area contributed by atoms with Crippen LogP contribution < -0.4 is 10.2 Å². The van der Waals surface area contributed by atoms with Gasteiger partial charge in [-0.2, -0.15) is 0 Å². The Morgan fingerprint density at radius 2 is 2.15 bits per heavy atom. The molecule has 1 aliphatic heterocycles. The summed E-state index contributed by atoms with van der Waals surface area (Å²) in [6.07, 6.45) is 8.44. The summed E-state index contributed by atoms with van der Waals surface area (Å²) in [6, 6.07) is 5.52. The Hall–Kier alpha value is -3.36. The number of pyridine rings is 1. The second-order valence-corrected chi connectivity index (χ2v) is 6.08. The zero-order valence-corrected chi connectivity index (χ0v) is 14.0. The van der Waals surface area contributed by atoms with E-state index >= 15 is 0 Å². The third kappa shape index (κ3) is 3.51. The van der Waals surface area contributed by atoms with E-state index in [0.717, 1.165) is 25.2 Å². The number of rotatable bonds is 4. The summed E-state index contributed by atoms with van der Waals surface area (Å²) in [4.78, 5) is 30.3. The van der Waals surface area contributed by atoms with Gasteiger partial charge in [-0.05, 0) is 25.0 Å². The first-order valence-corrected chi connectivity index (χ1v) is 8.45. The van der Waals surface area contributed by atoms with Gasteiger partial charge in [0.15, 0.2) is 5.82 Å². The molecule has 4 heterocycles. The topological polar surface area (TPSA) is 113 Å². The molecule has 2 N–H and O–H groups in total. The van der Waals surface area contributed by atoms with E-state index in [2.05, 4.69) is 40.3 Å². The van der Waals surface area contributed by atoms with Gasteiger partial charge in [0, 0.05) is 31.7 Å². The lowest BCUT2D eigenvalue weighted by Crippen LogP contribution is -2.41. The largest absolute Gasteiger partial charge is 0.355 e. The van der Waals surface area contributed by atoms with Crippen molar-refractivity contribution in [2.45, 2.75) is 12.8 Å². The Bertz CT molecular complexity index is 867. The predicted molar refractivity (Wildman–Crippen MR) is 95.2 cm³/mol. The van der Waals surface area contributed by atoms with Crippen LogP contribution in [0.4, 0.5) is 11.8 Å². The molecule has 9 heteroatoms. The van der Waals surface area contributed by atoms with Crippen molar-refractivity contribution in [1.29, 1.82) is 0 Å². The van der Waals surface area contributed by atoms with E-state index in [-0.39, 0.29) is 11.8 Å². The lowest BCUT2D eigenvalue weighted by molar-refractivity contribution is -0.120. The van der Waals surface area contributed by atoms with Gasteiger partial charge in [-0.15, -0.1) is 10.2 Å². The smallest absolute Gasteiger partial charge is 0.231 e. The van der Waals surface area contributed by atoms with Gasteiger partial charge in [0.2, 0.25) is 11.9 Å². The minimum absolute atomic E-state index is 0.0812. The van der Waals surface area contributed by atoms with Gasteiger partial charge < -0.3 is 9.88 Å². The molecule has 26 heavy (non-hydrogen) atoms. The summed E-state index contributed by atoms with van der Waals surface area (Å²) >= 11 is 0. The SMILES string of the molecule is O=C(Nc1nnc(-c2ccccn2)[nH]1)C1CCCN(c2cnccn2)C1. The van der Waals surface area contributed by atoms with E-state index in [9.17, 15) is 4.79 Å². The molecule has 1 fully saturated rings. The van der Waals surface area contributed by atoms with Gasteiger partial charge in [-0.3, -0.25) is 20.1 Å². The first kappa shape index (κ1) is 16.1. The number of anilines is 2. The lowest BCUT2D eigenvalue weighted by atomic mass is 9.97. The van der Waals surface area contributed by atoms with Crippen LogP contribution in [0.3, 0.4) is 0 Å². The second kappa shape index (κ2) is 7.26. The van der Waals surface area contributed by atoms with Gasteiger partial charge in [0.05, 0.1) is 12.1 Å². The molecular weight excluding hydrogens is 332 g/mol. The number of aromatic amines is 1. The van der Waals surface area contributed by atoms with E-state index in [1.165, 1.54) is 0 Å². The first-order valence-electron chi connectivity index (χ1n) is 8.45. The number of H-pyrrole nitrogens is 1. The molecule has 1 unspecified atom stereocenters. The van der Waals surface area contributed by atoms with Gasteiger partial charge in [-0.25, -0.2) is 4.98 Å². The third-order valence-electron chi connectivity index (χ3n) is 4.30. The highest BCUT2D eigenvalue weighted by Crippen LogP contribution is 2.22. The Balaban J connectivity index is 1.41. The number of aromatic nitrogens is 6. The number of carbonyl (C=O) groups is 1. The molecule has 3 aromatic heterocycles. The van der Waals surface area contributed by atoms with Crippen molar-refractivity contribution in [2.75, 3.05) is 23.3 Å². The molecule has 1 saturated heterocycles. The summed E-state index contributed by atoms with van der Waals surface area (Å²) in [5, 5.41) is 10.8. The average Bonchev–Trinajstić information content (AvgIpc) is 3.18. The van der Waals surface area contributed by atoms with Crippen LogP contribution >= 0.6 is 0 Å². The number of nitrogens with zero attached hydrogens (tertiary/aromatic N) is 6. The molecule has 0 aromatic carbocycles. The highest BCUT2D eigenvalue weighted by molar-refractivity contribution is 5.91. The minimum Gasteiger partial charge on any atom is -0.355 e. The molecule has 1 atom stereocenters. The molecule has 0 saturated carbocycles. The summed E-state index contributed by atoms with van der Waals surface area (Å²) in [6.45, 7) is 1.47. The quantitative estimate of drug-likeness (QED) is 0.733. The van der Waals surface area contributed by atoms with Crippen LogP contribution in [-0.2, 0) is 4.79 Å². The van der Waals surface area contributed by atoms with Crippen molar-refractivity contribution in [3.8, 4) is 11.5 Å². The van der Waals surface area contributed by atoms with Crippen LogP contribution in [-0.4, -0.2) is 49.1 Å². The maximum absolute atomic E-state index is 12.6. The summed E-state index contributed by atoms with van der Waals surface area (Å²) in [7, 11) is 0. The fraction of sp³-hybridized carbons (Fsp3) is 0.294. The average molecular weight is 350 g/mol. The van der Waals surface area contributed by atoms with E-state index in [4.69, 9.17) is 0 Å². The Morgan fingerprint density at radius 3 is 2.96 bits per heavy atom. The fourth-order valence-electron chi connectivity index (χ4n) is 3.01. The lowest BCUT2D eigenvalue weighted by Gasteiger charge is -2.32. The summed E-state index contributed by atoms with van der Waals surface area (Å²) < 4.78 is 0. The molecular formula is C17H18N8O. The number of amides is 1. The van der Waals surface area contributed by atoms with Crippen LogP contribution in [0.1, 0.15) is 12.8 Å². The van der Waals surface area contributed by atoms with Gasteiger partial charge in [0.1, 0.15) is 11.5 Å². The fourth-order valence-corrected chi connectivity index (χ4v) is 3.01. The third-order valence-corrected chi connectivity index (χ3v) is 4.30.